The SMILES string of the molecule is CNCc1cc(O)c2c(c1N(C)C)C[C@H]1C[C@H]3[C@H](N(C)C)C(O)=C(C(N)=O)C(=O)[C@@]3(O)C(O)=C1C2=O. The summed E-state index contributed by atoms with van der Waals surface area (Å²) in [7, 11) is 8.62. The molecule has 3 aliphatic rings. The van der Waals surface area contributed by atoms with Crippen molar-refractivity contribution in [2.24, 2.45) is 17.6 Å². The first-order valence-corrected chi connectivity index (χ1v) is 11.6. The number of aliphatic hydroxyl groups is 3. The van der Waals surface area contributed by atoms with Gasteiger partial charge in [0.1, 0.15) is 22.8 Å². The maximum atomic E-state index is 13.7. The number of likely N-dealkylation sites (N-methyl/N-ethyl adjacent to an activating group) is 1. The van der Waals surface area contributed by atoms with E-state index in [0.717, 1.165) is 11.3 Å². The van der Waals surface area contributed by atoms with Crippen LogP contribution in [0.25, 0.3) is 0 Å². The van der Waals surface area contributed by atoms with Crippen molar-refractivity contribution in [3.05, 3.63) is 45.4 Å². The monoisotopic (exact) mass is 500 g/mol. The lowest BCUT2D eigenvalue weighted by molar-refractivity contribution is -0.148. The van der Waals surface area contributed by atoms with Gasteiger partial charge in [0, 0.05) is 37.8 Å². The predicted molar refractivity (Wildman–Crippen MR) is 131 cm³/mol. The molecule has 0 saturated carbocycles. The van der Waals surface area contributed by atoms with Crippen LogP contribution in [0.2, 0.25) is 0 Å². The molecule has 1 amide bonds. The highest BCUT2D eigenvalue weighted by atomic mass is 16.3. The summed E-state index contributed by atoms with van der Waals surface area (Å²) in [6.07, 6.45) is 0.294. The van der Waals surface area contributed by atoms with Gasteiger partial charge in [0.25, 0.3) is 5.91 Å². The smallest absolute Gasteiger partial charge is 0.255 e. The highest BCUT2D eigenvalue weighted by Crippen LogP contribution is 2.53. The van der Waals surface area contributed by atoms with Gasteiger partial charge in [-0.25, -0.2) is 0 Å². The Labute approximate surface area is 208 Å². The van der Waals surface area contributed by atoms with Gasteiger partial charge < -0.3 is 36.4 Å². The number of hydrogen-bond acceptors (Lipinski definition) is 10. The van der Waals surface area contributed by atoms with Crippen LogP contribution in [0.3, 0.4) is 0 Å². The largest absolute Gasteiger partial charge is 0.510 e. The van der Waals surface area contributed by atoms with Gasteiger partial charge in [0.15, 0.2) is 11.4 Å². The Morgan fingerprint density at radius 1 is 1.19 bits per heavy atom. The predicted octanol–water partition coefficient (Wildman–Crippen LogP) is -0.0940. The second-order valence-electron chi connectivity index (χ2n) is 10.1. The topological polar surface area (TPSA) is 177 Å². The molecule has 11 heteroatoms. The van der Waals surface area contributed by atoms with Crippen molar-refractivity contribution in [2.45, 2.75) is 31.0 Å². The van der Waals surface area contributed by atoms with E-state index in [4.69, 9.17) is 5.73 Å². The lowest BCUT2D eigenvalue weighted by atomic mass is 9.58. The molecule has 4 rings (SSSR count). The molecule has 0 spiro atoms. The molecular weight excluding hydrogens is 468 g/mol. The fourth-order valence-corrected chi connectivity index (χ4v) is 6.26. The molecule has 36 heavy (non-hydrogen) atoms. The number of hydrogen-bond donors (Lipinski definition) is 6. The number of primary amides is 1. The molecule has 0 unspecified atom stereocenters. The van der Waals surface area contributed by atoms with Crippen molar-refractivity contribution in [1.29, 1.82) is 0 Å². The standard InChI is InChI=1S/C25H32N4O7/c1-27-9-11-8-14(30)16-12(18(11)28(2)3)6-10-7-13-19(29(4)5)21(32)17(24(26)35)23(34)25(13,36)22(33)15(10)20(16)31/h8,10,13,19,27,30,32-33,36H,6-7,9H2,1-5H3,(H2,26,35)/t10-,13-,19-,25-/m0/s1. The van der Waals surface area contributed by atoms with Gasteiger partial charge in [-0.2, -0.15) is 0 Å². The number of phenolic OH excluding ortho intramolecular Hbond substituents is 1. The van der Waals surface area contributed by atoms with Crippen LogP contribution in [0.15, 0.2) is 28.7 Å². The van der Waals surface area contributed by atoms with Gasteiger partial charge in [-0.05, 0) is 57.1 Å². The number of rotatable bonds is 5. The zero-order valence-electron chi connectivity index (χ0n) is 20.9. The first-order valence-electron chi connectivity index (χ1n) is 11.6. The summed E-state index contributed by atoms with van der Waals surface area (Å²) in [5.74, 6) is -6.59. The van der Waals surface area contributed by atoms with Gasteiger partial charge in [-0.15, -0.1) is 0 Å². The van der Waals surface area contributed by atoms with E-state index in [1.54, 1.807) is 21.1 Å². The summed E-state index contributed by atoms with van der Waals surface area (Å²) >= 11 is 0. The first-order chi connectivity index (χ1) is 16.8. The minimum atomic E-state index is -2.64. The Hall–Kier alpha value is -3.41. The number of nitrogens with zero attached hydrogens (tertiary/aromatic N) is 2. The zero-order valence-corrected chi connectivity index (χ0v) is 20.9. The van der Waals surface area contributed by atoms with Crippen LogP contribution in [0.4, 0.5) is 5.69 Å². The number of carbonyl (C=O) groups excluding carboxylic acids is 3. The Balaban J connectivity index is 1.98. The highest BCUT2D eigenvalue weighted by molar-refractivity contribution is 6.24. The Bertz CT molecular complexity index is 1250. The van der Waals surface area contributed by atoms with Crippen molar-refractivity contribution >= 4 is 23.2 Å². The maximum absolute atomic E-state index is 13.7. The van der Waals surface area contributed by atoms with Crippen molar-refractivity contribution in [3.63, 3.8) is 0 Å². The average Bonchev–Trinajstić information content (AvgIpc) is 2.75. The van der Waals surface area contributed by atoms with Gasteiger partial charge in [-0.3, -0.25) is 19.3 Å². The fraction of sp³-hybridized carbons (Fsp3) is 0.480. The molecule has 0 heterocycles. The Morgan fingerprint density at radius 2 is 1.83 bits per heavy atom. The number of allylic oxidation sites excluding steroid dienone is 1. The van der Waals surface area contributed by atoms with E-state index in [1.165, 1.54) is 11.0 Å². The second kappa shape index (κ2) is 8.61. The quantitative estimate of drug-likeness (QED) is 0.299. The van der Waals surface area contributed by atoms with E-state index in [0.29, 0.717) is 12.1 Å². The Morgan fingerprint density at radius 3 is 2.36 bits per heavy atom. The summed E-state index contributed by atoms with van der Waals surface area (Å²) in [5, 5.41) is 47.7. The lowest BCUT2D eigenvalue weighted by Gasteiger charge is -2.50. The van der Waals surface area contributed by atoms with E-state index in [-0.39, 0.29) is 29.7 Å². The van der Waals surface area contributed by atoms with E-state index in [1.807, 2.05) is 19.0 Å². The molecule has 194 valence electrons. The molecule has 7 N–H and O–H groups in total. The molecule has 0 aliphatic heterocycles. The van der Waals surface area contributed by atoms with Crippen LogP contribution >= 0.6 is 0 Å². The molecule has 11 nitrogen and oxygen atoms in total. The number of benzene rings is 1. The number of Topliss-reactive ketones (excluding diaryl/α,β-unsaturated/α-hetero) is 2. The molecule has 1 aromatic carbocycles. The molecule has 0 bridgehead atoms. The van der Waals surface area contributed by atoms with E-state index in [9.17, 15) is 34.8 Å². The average molecular weight is 501 g/mol. The van der Waals surface area contributed by atoms with E-state index in [2.05, 4.69) is 5.32 Å². The van der Waals surface area contributed by atoms with E-state index >= 15 is 0 Å². The number of nitrogens with two attached hydrogens (primary N) is 1. The maximum Gasteiger partial charge on any atom is 0.255 e. The van der Waals surface area contributed by atoms with Gasteiger partial charge in [0.2, 0.25) is 5.78 Å². The lowest BCUT2D eigenvalue weighted by Crippen LogP contribution is -2.63. The molecule has 3 aliphatic carbocycles. The number of aliphatic hydroxyl groups excluding tert-OH is 2. The molecular formula is C25H32N4O7. The minimum absolute atomic E-state index is 0.000616. The van der Waals surface area contributed by atoms with Crippen molar-refractivity contribution in [2.75, 3.05) is 40.1 Å². The number of phenols is 1. The number of carbonyl (C=O) groups is 3. The van der Waals surface area contributed by atoms with Gasteiger partial charge in [-0.1, -0.05) is 0 Å². The third-order valence-corrected chi connectivity index (χ3v) is 7.59. The normalized spacial score (nSPS) is 27.7. The van der Waals surface area contributed by atoms with Gasteiger partial charge in [0.05, 0.1) is 11.6 Å². The number of fused-ring (bicyclic) bond motifs is 3. The molecule has 0 fully saturated rings. The zero-order chi connectivity index (χ0) is 26.9. The van der Waals surface area contributed by atoms with Crippen LogP contribution in [-0.4, -0.2) is 89.7 Å². The Kier molecular flexibility index (Phi) is 6.14. The van der Waals surface area contributed by atoms with Gasteiger partial charge >= 0.3 is 0 Å². The second-order valence-corrected chi connectivity index (χ2v) is 10.1. The molecule has 0 radical (unpaired) electrons. The fourth-order valence-electron chi connectivity index (χ4n) is 6.26. The molecule has 4 atom stereocenters. The van der Waals surface area contributed by atoms with Crippen LogP contribution in [0, 0.1) is 11.8 Å². The number of nitrogens with one attached hydrogen (secondary N) is 1. The van der Waals surface area contributed by atoms with Crippen LogP contribution in [-0.2, 0) is 22.6 Å². The van der Waals surface area contributed by atoms with Crippen LogP contribution < -0.4 is 16.0 Å². The third kappa shape index (κ3) is 3.34. The summed E-state index contributed by atoms with van der Waals surface area (Å²) < 4.78 is 0. The summed E-state index contributed by atoms with van der Waals surface area (Å²) in [4.78, 5) is 42.5. The first kappa shape index (κ1) is 25.7. The summed E-state index contributed by atoms with van der Waals surface area (Å²) in [6.45, 7) is 0.440. The van der Waals surface area contributed by atoms with Crippen LogP contribution in [0.1, 0.15) is 27.9 Å². The van der Waals surface area contributed by atoms with Crippen molar-refractivity contribution < 1.29 is 34.8 Å². The number of aromatic hydroxyl groups is 1. The van der Waals surface area contributed by atoms with Crippen molar-refractivity contribution in [1.82, 2.24) is 10.2 Å². The highest BCUT2D eigenvalue weighted by Gasteiger charge is 2.63. The van der Waals surface area contributed by atoms with E-state index < -0.39 is 58.0 Å². The minimum Gasteiger partial charge on any atom is -0.510 e. The summed E-state index contributed by atoms with van der Waals surface area (Å²) in [5.41, 5.74) is 3.85. The van der Waals surface area contributed by atoms with Crippen LogP contribution in [0.5, 0.6) is 5.75 Å². The number of ketones is 2. The summed E-state index contributed by atoms with van der Waals surface area (Å²) in [6, 6.07) is 0.466. The third-order valence-electron chi connectivity index (χ3n) is 7.59. The van der Waals surface area contributed by atoms with Crippen molar-refractivity contribution in [3.8, 4) is 5.75 Å². The molecule has 0 saturated heterocycles. The molecule has 1 aromatic rings. The molecule has 0 aromatic heterocycles. The number of anilines is 1. The number of amides is 1.